The summed E-state index contributed by atoms with van der Waals surface area (Å²) in [6.07, 6.45) is 7.93. The highest BCUT2D eigenvalue weighted by atomic mass is 16.1. The highest BCUT2D eigenvalue weighted by Gasteiger charge is 2.00. The van der Waals surface area contributed by atoms with Gasteiger partial charge in [0.2, 0.25) is 5.95 Å². The van der Waals surface area contributed by atoms with E-state index in [2.05, 4.69) is 29.1 Å². The van der Waals surface area contributed by atoms with Gasteiger partial charge >= 0.3 is 0 Å². The zero-order chi connectivity index (χ0) is 13.2. The summed E-state index contributed by atoms with van der Waals surface area (Å²) in [5, 5.41) is 3.19. The van der Waals surface area contributed by atoms with Crippen molar-refractivity contribution in [2.24, 2.45) is 0 Å². The SMILES string of the molecule is CCCCCCNc1nc(CCCC)cc(=O)[nH]1. The first-order valence-electron chi connectivity index (χ1n) is 7.10. The molecule has 0 aliphatic heterocycles. The zero-order valence-corrected chi connectivity index (χ0v) is 11.6. The number of aryl methyl sites for hydroxylation is 1. The van der Waals surface area contributed by atoms with Gasteiger partial charge in [-0.25, -0.2) is 4.98 Å². The molecule has 0 bridgehead atoms. The molecule has 1 heterocycles. The minimum atomic E-state index is -0.0628. The number of anilines is 1. The van der Waals surface area contributed by atoms with Gasteiger partial charge in [0.25, 0.3) is 5.56 Å². The normalized spacial score (nSPS) is 10.6. The number of rotatable bonds is 9. The third-order valence-electron chi connectivity index (χ3n) is 2.90. The molecule has 0 atom stereocenters. The van der Waals surface area contributed by atoms with Crippen LogP contribution in [0.15, 0.2) is 10.9 Å². The van der Waals surface area contributed by atoms with Crippen LogP contribution in [0.1, 0.15) is 58.1 Å². The van der Waals surface area contributed by atoms with Gasteiger partial charge in [-0.15, -0.1) is 0 Å². The molecule has 0 amide bonds. The summed E-state index contributed by atoms with van der Waals surface area (Å²) in [7, 11) is 0. The summed E-state index contributed by atoms with van der Waals surface area (Å²) in [6.45, 7) is 5.21. The van der Waals surface area contributed by atoms with Crippen LogP contribution in [0.2, 0.25) is 0 Å². The number of hydrogen-bond acceptors (Lipinski definition) is 3. The lowest BCUT2D eigenvalue weighted by Gasteiger charge is -2.06. The van der Waals surface area contributed by atoms with Gasteiger partial charge in [0.1, 0.15) is 0 Å². The molecule has 0 unspecified atom stereocenters. The molecule has 0 saturated carbocycles. The Morgan fingerprint density at radius 2 is 1.94 bits per heavy atom. The molecule has 4 heteroatoms. The Kier molecular flexibility index (Phi) is 7.14. The fourth-order valence-electron chi connectivity index (χ4n) is 1.84. The third-order valence-corrected chi connectivity index (χ3v) is 2.90. The van der Waals surface area contributed by atoms with Crippen molar-refractivity contribution in [2.45, 2.75) is 58.8 Å². The van der Waals surface area contributed by atoms with E-state index in [0.29, 0.717) is 5.95 Å². The quantitative estimate of drug-likeness (QED) is 0.663. The van der Waals surface area contributed by atoms with Crippen LogP contribution >= 0.6 is 0 Å². The van der Waals surface area contributed by atoms with Crippen LogP contribution in [0.4, 0.5) is 5.95 Å². The molecule has 0 aliphatic carbocycles. The Balaban J connectivity index is 2.44. The molecule has 0 aliphatic rings. The Bertz CT molecular complexity index is 387. The van der Waals surface area contributed by atoms with Gasteiger partial charge in [-0.2, -0.15) is 0 Å². The molecule has 0 aromatic carbocycles. The van der Waals surface area contributed by atoms with E-state index >= 15 is 0 Å². The van der Waals surface area contributed by atoms with E-state index in [0.717, 1.165) is 37.9 Å². The van der Waals surface area contributed by atoms with Gasteiger partial charge in [-0.3, -0.25) is 9.78 Å². The fourth-order valence-corrected chi connectivity index (χ4v) is 1.84. The molecule has 1 rings (SSSR count). The Morgan fingerprint density at radius 3 is 2.67 bits per heavy atom. The van der Waals surface area contributed by atoms with Gasteiger partial charge in [-0.1, -0.05) is 39.5 Å². The molecule has 1 aromatic rings. The van der Waals surface area contributed by atoms with Gasteiger partial charge in [0, 0.05) is 18.3 Å². The van der Waals surface area contributed by atoms with E-state index in [9.17, 15) is 4.79 Å². The lowest BCUT2D eigenvalue weighted by atomic mass is 10.2. The van der Waals surface area contributed by atoms with Crippen LogP contribution < -0.4 is 10.9 Å². The first-order valence-corrected chi connectivity index (χ1v) is 7.10. The molecular formula is C14H25N3O. The van der Waals surface area contributed by atoms with Gasteiger partial charge < -0.3 is 5.32 Å². The second-order valence-corrected chi connectivity index (χ2v) is 4.68. The Labute approximate surface area is 109 Å². The number of hydrogen-bond donors (Lipinski definition) is 2. The highest BCUT2D eigenvalue weighted by molar-refractivity contribution is 5.24. The number of aromatic nitrogens is 2. The van der Waals surface area contributed by atoms with Crippen molar-refractivity contribution in [3.8, 4) is 0 Å². The number of nitrogens with one attached hydrogen (secondary N) is 2. The first-order chi connectivity index (χ1) is 8.76. The lowest BCUT2D eigenvalue weighted by Crippen LogP contribution is -2.14. The Hall–Kier alpha value is -1.32. The van der Waals surface area contributed by atoms with Crippen molar-refractivity contribution < 1.29 is 0 Å². The predicted octanol–water partition coefficient (Wildman–Crippen LogP) is 3.10. The molecule has 102 valence electrons. The smallest absolute Gasteiger partial charge is 0.252 e. The summed E-state index contributed by atoms with van der Waals surface area (Å²) < 4.78 is 0. The number of H-pyrrole nitrogens is 1. The maximum Gasteiger partial charge on any atom is 0.252 e. The summed E-state index contributed by atoms with van der Waals surface area (Å²) in [5.41, 5.74) is 0.823. The molecule has 0 saturated heterocycles. The summed E-state index contributed by atoms with van der Waals surface area (Å²) in [4.78, 5) is 18.6. The second kappa shape index (κ2) is 8.72. The topological polar surface area (TPSA) is 57.8 Å². The largest absolute Gasteiger partial charge is 0.356 e. The third kappa shape index (κ3) is 5.84. The minimum Gasteiger partial charge on any atom is -0.356 e. The molecule has 0 fully saturated rings. The maximum atomic E-state index is 11.5. The molecule has 0 spiro atoms. The number of nitrogens with zero attached hydrogens (tertiary/aromatic N) is 1. The summed E-state index contributed by atoms with van der Waals surface area (Å²) in [5.74, 6) is 0.616. The lowest BCUT2D eigenvalue weighted by molar-refractivity contribution is 0.682. The van der Waals surface area contributed by atoms with Crippen LogP contribution in [-0.4, -0.2) is 16.5 Å². The minimum absolute atomic E-state index is 0.0628. The van der Waals surface area contributed by atoms with Crippen molar-refractivity contribution in [1.82, 2.24) is 9.97 Å². The average molecular weight is 251 g/mol. The second-order valence-electron chi connectivity index (χ2n) is 4.68. The van der Waals surface area contributed by atoms with Crippen molar-refractivity contribution in [3.63, 3.8) is 0 Å². The van der Waals surface area contributed by atoms with Crippen molar-refractivity contribution in [1.29, 1.82) is 0 Å². The monoisotopic (exact) mass is 251 g/mol. The summed E-state index contributed by atoms with van der Waals surface area (Å²) in [6, 6.07) is 1.60. The van der Waals surface area contributed by atoms with Crippen LogP contribution in [0, 0.1) is 0 Å². The highest BCUT2D eigenvalue weighted by Crippen LogP contribution is 2.03. The van der Waals surface area contributed by atoms with Crippen molar-refractivity contribution in [2.75, 3.05) is 11.9 Å². The molecule has 18 heavy (non-hydrogen) atoms. The average Bonchev–Trinajstić information content (AvgIpc) is 2.35. The molecule has 0 radical (unpaired) electrons. The Morgan fingerprint density at radius 1 is 1.17 bits per heavy atom. The van der Waals surface area contributed by atoms with Crippen LogP contribution in [0.25, 0.3) is 0 Å². The maximum absolute atomic E-state index is 11.5. The van der Waals surface area contributed by atoms with Crippen molar-refractivity contribution >= 4 is 5.95 Å². The van der Waals surface area contributed by atoms with E-state index in [1.807, 2.05) is 0 Å². The molecular weight excluding hydrogens is 226 g/mol. The standard InChI is InChI=1S/C14H25N3O/c1-3-5-7-8-10-15-14-16-12(9-6-4-2)11-13(18)17-14/h11H,3-10H2,1-2H3,(H2,15,16,17,18). The van der Waals surface area contributed by atoms with Gasteiger partial charge in [0.15, 0.2) is 0 Å². The summed E-state index contributed by atoms with van der Waals surface area (Å²) >= 11 is 0. The molecule has 1 aromatic heterocycles. The van der Waals surface area contributed by atoms with E-state index in [1.54, 1.807) is 6.07 Å². The molecule has 2 N–H and O–H groups in total. The molecule has 4 nitrogen and oxygen atoms in total. The predicted molar refractivity (Wildman–Crippen MR) is 76.1 cm³/mol. The van der Waals surface area contributed by atoms with E-state index in [4.69, 9.17) is 0 Å². The van der Waals surface area contributed by atoms with Gasteiger partial charge in [-0.05, 0) is 19.3 Å². The van der Waals surface area contributed by atoms with Crippen LogP contribution in [-0.2, 0) is 6.42 Å². The van der Waals surface area contributed by atoms with E-state index in [1.165, 1.54) is 19.3 Å². The fraction of sp³-hybridized carbons (Fsp3) is 0.714. The van der Waals surface area contributed by atoms with Crippen molar-refractivity contribution in [3.05, 3.63) is 22.1 Å². The number of aromatic amines is 1. The van der Waals surface area contributed by atoms with Crippen LogP contribution in [0.5, 0.6) is 0 Å². The first kappa shape index (κ1) is 14.7. The van der Waals surface area contributed by atoms with E-state index in [-0.39, 0.29) is 5.56 Å². The number of unbranched alkanes of at least 4 members (excludes halogenated alkanes) is 4. The van der Waals surface area contributed by atoms with Gasteiger partial charge in [0.05, 0.1) is 0 Å². The van der Waals surface area contributed by atoms with Crippen LogP contribution in [0.3, 0.4) is 0 Å². The van der Waals surface area contributed by atoms with E-state index < -0.39 is 0 Å². The zero-order valence-electron chi connectivity index (χ0n) is 11.6.